The molecule has 1 aliphatic heterocycles. The molecule has 1 atom stereocenters. The van der Waals surface area contributed by atoms with Crippen LogP contribution < -0.4 is 15.6 Å². The molecular formula is C28H26N4O. The van der Waals surface area contributed by atoms with Crippen LogP contribution in [0.4, 0.5) is 0 Å². The highest BCUT2D eigenvalue weighted by molar-refractivity contribution is 5.83. The number of aryl methyl sites for hydroxylation is 1. The van der Waals surface area contributed by atoms with Gasteiger partial charge in [-0.3, -0.25) is 4.98 Å². The van der Waals surface area contributed by atoms with Crippen LogP contribution in [0, 0.1) is 0 Å². The van der Waals surface area contributed by atoms with Crippen LogP contribution in [0.5, 0.6) is 5.75 Å². The van der Waals surface area contributed by atoms with Gasteiger partial charge in [-0.15, -0.1) is 0 Å². The normalized spacial score (nSPS) is 15.9. The summed E-state index contributed by atoms with van der Waals surface area (Å²) in [6.07, 6.45) is 12.4. The van der Waals surface area contributed by atoms with Crippen molar-refractivity contribution in [1.82, 2.24) is 20.4 Å². The van der Waals surface area contributed by atoms with Gasteiger partial charge in [0.2, 0.25) is 0 Å². The molecule has 0 spiro atoms. The molecule has 0 saturated heterocycles. The van der Waals surface area contributed by atoms with Crippen molar-refractivity contribution < 1.29 is 4.74 Å². The maximum Gasteiger partial charge on any atom is 0.130 e. The van der Waals surface area contributed by atoms with Crippen LogP contribution in [0.1, 0.15) is 17.0 Å². The Balaban J connectivity index is 1.18. The predicted octanol–water partition coefficient (Wildman–Crippen LogP) is 5.24. The lowest BCUT2D eigenvalue weighted by atomic mass is 10.1. The number of ether oxygens (including phenoxy) is 1. The molecule has 2 aromatic heterocycles. The van der Waals surface area contributed by atoms with E-state index in [9.17, 15) is 0 Å². The SMILES string of the molecule is Cn1c(/C=C/C2=CC(/C=C/c3ccc(OCc4ccccn4)cc3)NN2)cc2ccccc21. The number of hydrazine groups is 1. The van der Waals surface area contributed by atoms with E-state index in [0.29, 0.717) is 6.61 Å². The molecule has 4 aromatic rings. The minimum absolute atomic E-state index is 0.122. The average Bonchev–Trinajstić information content (AvgIpc) is 3.45. The Hall–Kier alpha value is -4.09. The highest BCUT2D eigenvalue weighted by Gasteiger charge is 2.10. The first-order valence-electron chi connectivity index (χ1n) is 11.0. The van der Waals surface area contributed by atoms with Gasteiger partial charge in [0.1, 0.15) is 12.4 Å². The zero-order chi connectivity index (χ0) is 22.5. The Kier molecular flexibility index (Phi) is 6.04. The zero-order valence-electron chi connectivity index (χ0n) is 18.5. The summed E-state index contributed by atoms with van der Waals surface area (Å²) in [7, 11) is 2.09. The topological polar surface area (TPSA) is 51.1 Å². The first-order valence-corrected chi connectivity index (χ1v) is 11.0. The van der Waals surface area contributed by atoms with E-state index < -0.39 is 0 Å². The van der Waals surface area contributed by atoms with E-state index in [4.69, 9.17) is 4.74 Å². The van der Waals surface area contributed by atoms with Crippen molar-refractivity contribution in [3.8, 4) is 5.75 Å². The molecule has 5 heteroatoms. The molecule has 1 aliphatic rings. The van der Waals surface area contributed by atoms with Crippen LogP contribution in [-0.2, 0) is 13.7 Å². The number of pyridine rings is 1. The van der Waals surface area contributed by atoms with Gasteiger partial charge in [0.25, 0.3) is 0 Å². The second-order valence-electron chi connectivity index (χ2n) is 7.98. The minimum Gasteiger partial charge on any atom is -0.487 e. The molecule has 164 valence electrons. The Labute approximate surface area is 193 Å². The van der Waals surface area contributed by atoms with E-state index in [-0.39, 0.29) is 6.04 Å². The summed E-state index contributed by atoms with van der Waals surface area (Å²) in [4.78, 5) is 4.27. The fraction of sp³-hybridized carbons (Fsp3) is 0.107. The molecule has 5 rings (SSSR count). The van der Waals surface area contributed by atoms with Gasteiger partial charge in [0.05, 0.1) is 11.7 Å². The zero-order valence-corrected chi connectivity index (χ0v) is 18.5. The molecule has 1 unspecified atom stereocenters. The second-order valence-corrected chi connectivity index (χ2v) is 7.98. The van der Waals surface area contributed by atoms with Gasteiger partial charge < -0.3 is 14.7 Å². The monoisotopic (exact) mass is 434 g/mol. The van der Waals surface area contributed by atoms with E-state index in [0.717, 1.165) is 22.7 Å². The first kappa shape index (κ1) is 20.8. The lowest BCUT2D eigenvalue weighted by Gasteiger charge is -2.06. The first-order chi connectivity index (χ1) is 16.2. The van der Waals surface area contributed by atoms with Gasteiger partial charge in [-0.25, -0.2) is 5.43 Å². The molecule has 2 aromatic carbocycles. The molecule has 0 aliphatic carbocycles. The van der Waals surface area contributed by atoms with E-state index in [1.807, 2.05) is 30.3 Å². The van der Waals surface area contributed by atoms with Gasteiger partial charge in [-0.1, -0.05) is 48.6 Å². The van der Waals surface area contributed by atoms with Crippen molar-refractivity contribution in [1.29, 1.82) is 0 Å². The third-order valence-electron chi connectivity index (χ3n) is 5.65. The molecule has 0 fully saturated rings. The van der Waals surface area contributed by atoms with Gasteiger partial charge in [0.15, 0.2) is 0 Å². The van der Waals surface area contributed by atoms with Gasteiger partial charge >= 0.3 is 0 Å². The van der Waals surface area contributed by atoms with Gasteiger partial charge in [-0.05, 0) is 60.2 Å². The molecule has 5 nitrogen and oxygen atoms in total. The summed E-state index contributed by atoms with van der Waals surface area (Å²) in [6.45, 7) is 0.466. The van der Waals surface area contributed by atoms with Crippen molar-refractivity contribution in [2.75, 3.05) is 0 Å². The average molecular weight is 435 g/mol. The smallest absolute Gasteiger partial charge is 0.130 e. The van der Waals surface area contributed by atoms with Crippen LogP contribution in [-0.4, -0.2) is 15.6 Å². The highest BCUT2D eigenvalue weighted by atomic mass is 16.5. The van der Waals surface area contributed by atoms with E-state index in [2.05, 4.69) is 100 Å². The maximum atomic E-state index is 5.80. The molecule has 0 bridgehead atoms. The van der Waals surface area contributed by atoms with Crippen LogP contribution in [0.2, 0.25) is 0 Å². The number of fused-ring (bicyclic) bond motifs is 1. The van der Waals surface area contributed by atoms with Crippen LogP contribution in [0.15, 0.2) is 103 Å². The number of aromatic nitrogens is 2. The fourth-order valence-electron chi connectivity index (χ4n) is 3.82. The predicted molar refractivity (Wildman–Crippen MR) is 134 cm³/mol. The van der Waals surface area contributed by atoms with Crippen LogP contribution in [0.25, 0.3) is 23.1 Å². The standard InChI is InChI=1S/C28H26N4O/c1-32-26(18-22-6-2-3-8-28(22)32)14-13-24-19-23(30-31-24)12-9-21-10-15-27(16-11-21)33-20-25-7-4-5-17-29-25/h2-19,23,30-31H,20H2,1H3/b12-9+,14-13+. The fourth-order valence-corrected chi connectivity index (χ4v) is 3.82. The van der Waals surface area contributed by atoms with E-state index in [1.54, 1.807) is 6.20 Å². The number of allylic oxidation sites excluding steroid dienone is 1. The Morgan fingerprint density at radius 2 is 1.82 bits per heavy atom. The molecule has 0 saturated carbocycles. The minimum atomic E-state index is 0.122. The number of nitrogens with one attached hydrogen (secondary N) is 2. The number of hydrogen-bond donors (Lipinski definition) is 2. The number of rotatable bonds is 7. The van der Waals surface area contributed by atoms with E-state index in [1.165, 1.54) is 16.6 Å². The van der Waals surface area contributed by atoms with Crippen molar-refractivity contribution in [2.45, 2.75) is 12.6 Å². The largest absolute Gasteiger partial charge is 0.487 e. The van der Waals surface area contributed by atoms with Gasteiger partial charge in [0, 0.05) is 35.5 Å². The summed E-state index contributed by atoms with van der Waals surface area (Å²) in [6, 6.07) is 24.6. The van der Waals surface area contributed by atoms with Gasteiger partial charge in [-0.2, -0.15) is 0 Å². The molecule has 33 heavy (non-hydrogen) atoms. The molecule has 0 amide bonds. The molecular weight excluding hydrogens is 408 g/mol. The summed E-state index contributed by atoms with van der Waals surface area (Å²) in [5.74, 6) is 0.833. The van der Waals surface area contributed by atoms with Crippen molar-refractivity contribution in [3.63, 3.8) is 0 Å². The number of benzene rings is 2. The molecule has 0 radical (unpaired) electrons. The summed E-state index contributed by atoms with van der Waals surface area (Å²) < 4.78 is 8.01. The number of hydrogen-bond acceptors (Lipinski definition) is 4. The summed E-state index contributed by atoms with van der Waals surface area (Å²) in [5.41, 5.74) is 12.0. The van der Waals surface area contributed by atoms with E-state index >= 15 is 0 Å². The lowest BCUT2D eigenvalue weighted by Crippen LogP contribution is -2.30. The third kappa shape index (κ3) is 5.05. The van der Waals surface area contributed by atoms with Crippen molar-refractivity contribution in [3.05, 3.63) is 120 Å². The summed E-state index contributed by atoms with van der Waals surface area (Å²) >= 11 is 0. The molecule has 2 N–H and O–H groups in total. The highest BCUT2D eigenvalue weighted by Crippen LogP contribution is 2.20. The molecule has 3 heterocycles. The number of para-hydroxylation sites is 1. The van der Waals surface area contributed by atoms with Crippen LogP contribution in [0.3, 0.4) is 0 Å². The quantitative estimate of drug-likeness (QED) is 0.418. The van der Waals surface area contributed by atoms with Crippen molar-refractivity contribution >= 4 is 23.1 Å². The number of nitrogens with zero attached hydrogens (tertiary/aromatic N) is 2. The lowest BCUT2D eigenvalue weighted by molar-refractivity contribution is 0.301. The Morgan fingerprint density at radius 1 is 0.970 bits per heavy atom. The maximum absolute atomic E-state index is 5.80. The third-order valence-corrected chi connectivity index (χ3v) is 5.65. The van der Waals surface area contributed by atoms with Crippen molar-refractivity contribution in [2.24, 2.45) is 7.05 Å². The second kappa shape index (κ2) is 9.59. The summed E-state index contributed by atoms with van der Waals surface area (Å²) in [5, 5.41) is 1.25. The van der Waals surface area contributed by atoms with Crippen LogP contribution >= 0.6 is 0 Å². The Bertz CT molecular complexity index is 1320. The Morgan fingerprint density at radius 3 is 2.64 bits per heavy atom.